The number of ether oxygens (including phenoxy) is 2. The maximum atomic E-state index is 13.6. The molecule has 1 amide bonds. The molecular weight excluding hydrogens is 478 g/mol. The highest BCUT2D eigenvalue weighted by Crippen LogP contribution is 2.41. The quantitative estimate of drug-likeness (QED) is 0.132. The molecule has 0 aliphatic rings. The minimum absolute atomic E-state index is 0.131. The monoisotopic (exact) mass is 505 g/mol. The van der Waals surface area contributed by atoms with Gasteiger partial charge >= 0.3 is 0 Å². The van der Waals surface area contributed by atoms with Gasteiger partial charge in [-0.1, -0.05) is 0 Å². The molecule has 4 rings (SSSR count). The van der Waals surface area contributed by atoms with Crippen LogP contribution in [0.15, 0.2) is 66.7 Å². The third-order valence-electron chi connectivity index (χ3n) is 5.59. The van der Waals surface area contributed by atoms with Gasteiger partial charge in [0.05, 0.1) is 6.61 Å². The molecule has 0 radical (unpaired) electrons. The lowest BCUT2D eigenvalue weighted by molar-refractivity contribution is -0.109. The summed E-state index contributed by atoms with van der Waals surface area (Å²) in [6, 6.07) is 18.7. The molecule has 0 fully saturated rings. The van der Waals surface area contributed by atoms with Crippen LogP contribution in [-0.4, -0.2) is 48.8 Å². The Morgan fingerprint density at radius 1 is 0.889 bits per heavy atom. The molecule has 0 aliphatic carbocycles. The fourth-order valence-corrected chi connectivity index (χ4v) is 5.02. The standard InChI is InChI=1S/C28H27NO6S/c30-18-29-13-1-2-14-34-15-16-35-23-10-5-19(6-11-23)27(33)26-24-12-9-22(32)17-25(24)36-28(26)20-3-7-21(31)8-4-20/h3-12,17-18,31-32H,1-2,13-16H2,(H,29,30). The zero-order valence-corrected chi connectivity index (χ0v) is 20.4. The van der Waals surface area contributed by atoms with Gasteiger partial charge in [-0.2, -0.15) is 0 Å². The molecule has 0 saturated carbocycles. The summed E-state index contributed by atoms with van der Waals surface area (Å²) in [5, 5.41) is 23.0. The predicted octanol–water partition coefficient (Wildman–Crippen LogP) is 5.13. The number of hydrogen-bond donors (Lipinski definition) is 3. The van der Waals surface area contributed by atoms with Gasteiger partial charge in [0.25, 0.3) is 0 Å². The summed E-state index contributed by atoms with van der Waals surface area (Å²) in [5.41, 5.74) is 1.90. The lowest BCUT2D eigenvalue weighted by Gasteiger charge is -2.09. The molecule has 7 nitrogen and oxygen atoms in total. The minimum Gasteiger partial charge on any atom is -0.508 e. The van der Waals surface area contributed by atoms with Gasteiger partial charge in [-0.05, 0) is 85.1 Å². The first-order valence-electron chi connectivity index (χ1n) is 11.6. The molecule has 0 spiro atoms. The van der Waals surface area contributed by atoms with E-state index in [0.29, 0.717) is 49.7 Å². The molecule has 8 heteroatoms. The molecule has 1 aromatic heterocycles. The van der Waals surface area contributed by atoms with E-state index in [1.165, 1.54) is 11.3 Å². The number of carbonyl (C=O) groups is 2. The van der Waals surface area contributed by atoms with Crippen LogP contribution in [0.2, 0.25) is 0 Å². The zero-order chi connectivity index (χ0) is 25.3. The number of phenolic OH excluding ortho intramolecular Hbond substituents is 2. The first-order chi connectivity index (χ1) is 17.6. The van der Waals surface area contributed by atoms with Crippen molar-refractivity contribution in [1.82, 2.24) is 5.32 Å². The Morgan fingerprint density at radius 2 is 1.64 bits per heavy atom. The number of ketones is 1. The second-order valence-electron chi connectivity index (χ2n) is 8.13. The molecular formula is C28H27NO6S. The van der Waals surface area contributed by atoms with Gasteiger partial charge in [-0.15, -0.1) is 11.3 Å². The SMILES string of the molecule is O=CNCCCCOCCOc1ccc(C(=O)c2c(-c3ccc(O)cc3)sc3cc(O)ccc23)cc1. The average Bonchev–Trinajstić information content (AvgIpc) is 3.26. The number of aromatic hydroxyl groups is 2. The van der Waals surface area contributed by atoms with Gasteiger partial charge in [0.1, 0.15) is 23.9 Å². The normalized spacial score (nSPS) is 10.9. The molecule has 3 N–H and O–H groups in total. The Kier molecular flexibility index (Phi) is 8.54. The van der Waals surface area contributed by atoms with Crippen LogP contribution in [0, 0.1) is 0 Å². The minimum atomic E-state index is -0.131. The van der Waals surface area contributed by atoms with Crippen LogP contribution in [0.1, 0.15) is 28.8 Å². The number of benzene rings is 3. The number of carbonyl (C=O) groups excluding carboxylic acids is 2. The Hall–Kier alpha value is -3.88. The summed E-state index contributed by atoms with van der Waals surface area (Å²) in [6.07, 6.45) is 2.42. The number of nitrogens with one attached hydrogen (secondary N) is 1. The predicted molar refractivity (Wildman–Crippen MR) is 140 cm³/mol. The van der Waals surface area contributed by atoms with Crippen LogP contribution in [0.5, 0.6) is 17.2 Å². The Bertz CT molecular complexity index is 1310. The third kappa shape index (κ3) is 6.21. The van der Waals surface area contributed by atoms with Crippen LogP contribution in [0.4, 0.5) is 0 Å². The van der Waals surface area contributed by atoms with Crippen LogP contribution < -0.4 is 10.1 Å². The van der Waals surface area contributed by atoms with Crippen molar-refractivity contribution in [2.75, 3.05) is 26.4 Å². The first kappa shape index (κ1) is 25.2. The smallest absolute Gasteiger partial charge is 0.207 e. The van der Waals surface area contributed by atoms with E-state index >= 15 is 0 Å². The number of unbranched alkanes of at least 4 members (excludes halogenated alkanes) is 1. The maximum absolute atomic E-state index is 13.6. The van der Waals surface area contributed by atoms with Crippen molar-refractivity contribution in [1.29, 1.82) is 0 Å². The highest BCUT2D eigenvalue weighted by Gasteiger charge is 2.22. The molecule has 4 aromatic rings. The van der Waals surface area contributed by atoms with E-state index in [2.05, 4.69) is 5.32 Å². The largest absolute Gasteiger partial charge is 0.508 e. The van der Waals surface area contributed by atoms with E-state index in [4.69, 9.17) is 9.47 Å². The molecule has 0 unspecified atom stereocenters. The third-order valence-corrected chi connectivity index (χ3v) is 6.79. The van der Waals surface area contributed by atoms with E-state index in [1.807, 2.05) is 0 Å². The van der Waals surface area contributed by atoms with Crippen molar-refractivity contribution < 1.29 is 29.3 Å². The second-order valence-corrected chi connectivity index (χ2v) is 9.18. The van der Waals surface area contributed by atoms with Crippen molar-refractivity contribution in [2.24, 2.45) is 0 Å². The molecule has 0 atom stereocenters. The average molecular weight is 506 g/mol. The highest BCUT2D eigenvalue weighted by molar-refractivity contribution is 7.22. The Morgan fingerprint density at radius 3 is 2.39 bits per heavy atom. The van der Waals surface area contributed by atoms with Gasteiger partial charge in [0.15, 0.2) is 5.78 Å². The molecule has 36 heavy (non-hydrogen) atoms. The Labute approximate surface area is 212 Å². The second kappa shape index (κ2) is 12.2. The molecule has 186 valence electrons. The van der Waals surface area contributed by atoms with Crippen molar-refractivity contribution >= 4 is 33.6 Å². The number of thiophene rings is 1. The van der Waals surface area contributed by atoms with Gasteiger partial charge in [-0.3, -0.25) is 9.59 Å². The van der Waals surface area contributed by atoms with Crippen molar-refractivity contribution in [2.45, 2.75) is 12.8 Å². The fraction of sp³-hybridized carbons (Fsp3) is 0.214. The maximum Gasteiger partial charge on any atom is 0.207 e. The van der Waals surface area contributed by atoms with Crippen molar-refractivity contribution in [3.63, 3.8) is 0 Å². The van der Waals surface area contributed by atoms with Crippen LogP contribution in [0.3, 0.4) is 0 Å². The lowest BCUT2D eigenvalue weighted by atomic mass is 9.97. The summed E-state index contributed by atoms with van der Waals surface area (Å²) in [7, 11) is 0. The number of hydrogen-bond acceptors (Lipinski definition) is 7. The molecule has 0 saturated heterocycles. The van der Waals surface area contributed by atoms with Crippen LogP contribution in [-0.2, 0) is 9.53 Å². The number of rotatable bonds is 13. The topological polar surface area (TPSA) is 105 Å². The summed E-state index contributed by atoms with van der Waals surface area (Å²) < 4.78 is 12.1. The van der Waals surface area contributed by atoms with E-state index in [-0.39, 0.29) is 17.3 Å². The molecule has 0 bridgehead atoms. The van der Waals surface area contributed by atoms with Gasteiger partial charge in [-0.25, -0.2) is 0 Å². The number of phenols is 2. The summed E-state index contributed by atoms with van der Waals surface area (Å²) in [5.74, 6) is 0.803. The van der Waals surface area contributed by atoms with Gasteiger partial charge in [0.2, 0.25) is 6.41 Å². The summed E-state index contributed by atoms with van der Waals surface area (Å²) in [4.78, 5) is 24.6. The van der Waals surface area contributed by atoms with Crippen molar-refractivity contribution in [3.05, 3.63) is 77.9 Å². The molecule has 3 aromatic carbocycles. The van der Waals surface area contributed by atoms with Gasteiger partial charge < -0.3 is 25.0 Å². The Balaban J connectivity index is 1.44. The number of fused-ring (bicyclic) bond motifs is 1. The number of amides is 1. The van der Waals surface area contributed by atoms with Gasteiger partial charge in [0, 0.05) is 39.2 Å². The lowest BCUT2D eigenvalue weighted by Crippen LogP contribution is -2.13. The van der Waals surface area contributed by atoms with E-state index in [9.17, 15) is 19.8 Å². The first-order valence-corrected chi connectivity index (χ1v) is 12.5. The zero-order valence-electron chi connectivity index (χ0n) is 19.6. The molecule has 1 heterocycles. The molecule has 0 aliphatic heterocycles. The highest BCUT2D eigenvalue weighted by atomic mass is 32.1. The van der Waals surface area contributed by atoms with Crippen LogP contribution in [0.25, 0.3) is 20.5 Å². The van der Waals surface area contributed by atoms with E-state index in [1.54, 1.807) is 66.7 Å². The van der Waals surface area contributed by atoms with Crippen molar-refractivity contribution in [3.8, 4) is 27.7 Å². The van der Waals surface area contributed by atoms with E-state index in [0.717, 1.165) is 33.4 Å². The van der Waals surface area contributed by atoms with Crippen LogP contribution >= 0.6 is 11.3 Å². The summed E-state index contributed by atoms with van der Waals surface area (Å²) in [6.45, 7) is 2.09. The van der Waals surface area contributed by atoms with E-state index < -0.39 is 0 Å². The summed E-state index contributed by atoms with van der Waals surface area (Å²) >= 11 is 1.43. The fourth-order valence-electron chi connectivity index (χ4n) is 3.78.